The molecule has 0 aromatic heterocycles. The predicted molar refractivity (Wildman–Crippen MR) is 86.3 cm³/mol. The summed E-state index contributed by atoms with van der Waals surface area (Å²) in [5, 5.41) is 15.6. The Labute approximate surface area is 129 Å². The number of nitrogens with one attached hydrogen (secondary N) is 2. The third-order valence-corrected chi connectivity index (χ3v) is 4.04. The second-order valence-corrected chi connectivity index (χ2v) is 6.97. The molecule has 124 valence electrons. The van der Waals surface area contributed by atoms with Crippen molar-refractivity contribution in [3.63, 3.8) is 0 Å². The minimum atomic E-state index is -0.343. The Bertz CT molecular complexity index is 300. The Balaban J connectivity index is 2.13. The molecular weight excluding hydrogens is 266 g/mol. The number of nitrogens with zero attached hydrogens (tertiary/aromatic N) is 1. The van der Waals surface area contributed by atoms with Gasteiger partial charge in [-0.15, -0.1) is 0 Å². The van der Waals surface area contributed by atoms with Gasteiger partial charge in [-0.3, -0.25) is 0 Å². The van der Waals surface area contributed by atoms with Crippen molar-refractivity contribution in [2.75, 3.05) is 26.2 Å². The highest BCUT2D eigenvalue weighted by molar-refractivity contribution is 5.74. The number of rotatable bonds is 7. The van der Waals surface area contributed by atoms with E-state index in [-0.39, 0.29) is 24.1 Å². The summed E-state index contributed by atoms with van der Waals surface area (Å²) in [6, 6.07) is 0.178. The smallest absolute Gasteiger partial charge is 0.315 e. The minimum Gasteiger partial charge on any atom is -0.393 e. The van der Waals surface area contributed by atoms with Crippen molar-refractivity contribution in [1.29, 1.82) is 0 Å². The number of aliphatic hydroxyl groups is 1. The molecule has 1 aliphatic rings. The van der Waals surface area contributed by atoms with E-state index in [0.29, 0.717) is 18.9 Å². The Morgan fingerprint density at radius 2 is 1.86 bits per heavy atom. The number of aliphatic hydroxyl groups excluding tert-OH is 1. The van der Waals surface area contributed by atoms with Gasteiger partial charge in [-0.2, -0.15) is 0 Å². The van der Waals surface area contributed by atoms with Gasteiger partial charge in [0.05, 0.1) is 6.10 Å². The molecule has 1 aliphatic heterocycles. The summed E-state index contributed by atoms with van der Waals surface area (Å²) < 4.78 is 0. The standard InChI is InChI=1S/C16H33N3O2/c1-12(2)11-19-9-6-14(7-10-19)18-16(21)17-8-5-15(20)13(3)4/h12-15,20H,5-11H2,1-4H3,(H2,17,18,21). The summed E-state index contributed by atoms with van der Waals surface area (Å²) in [7, 11) is 0. The molecular formula is C16H33N3O2. The van der Waals surface area contributed by atoms with E-state index in [9.17, 15) is 9.90 Å². The van der Waals surface area contributed by atoms with Gasteiger partial charge in [0.25, 0.3) is 0 Å². The van der Waals surface area contributed by atoms with E-state index >= 15 is 0 Å². The SMILES string of the molecule is CC(C)CN1CCC(NC(=O)NCCC(O)C(C)C)CC1. The quantitative estimate of drug-likeness (QED) is 0.672. The van der Waals surface area contributed by atoms with E-state index in [0.717, 1.165) is 32.5 Å². The topological polar surface area (TPSA) is 64.6 Å². The van der Waals surface area contributed by atoms with E-state index in [1.165, 1.54) is 0 Å². The molecule has 0 spiro atoms. The molecule has 21 heavy (non-hydrogen) atoms. The number of carbonyl (C=O) groups is 1. The zero-order chi connectivity index (χ0) is 15.8. The second-order valence-electron chi connectivity index (χ2n) is 6.97. The van der Waals surface area contributed by atoms with Gasteiger partial charge in [-0.1, -0.05) is 27.7 Å². The van der Waals surface area contributed by atoms with Gasteiger partial charge < -0.3 is 20.6 Å². The first kappa shape index (κ1) is 18.2. The molecule has 0 bridgehead atoms. The van der Waals surface area contributed by atoms with Crippen LogP contribution in [-0.2, 0) is 0 Å². The van der Waals surface area contributed by atoms with Crippen molar-refractivity contribution in [3.8, 4) is 0 Å². The van der Waals surface area contributed by atoms with Crippen molar-refractivity contribution < 1.29 is 9.90 Å². The van der Waals surface area contributed by atoms with Gasteiger partial charge in [0.2, 0.25) is 0 Å². The van der Waals surface area contributed by atoms with Crippen molar-refractivity contribution in [3.05, 3.63) is 0 Å². The van der Waals surface area contributed by atoms with Crippen LogP contribution in [0.1, 0.15) is 47.0 Å². The maximum absolute atomic E-state index is 11.8. The average Bonchev–Trinajstić information content (AvgIpc) is 2.40. The third-order valence-electron chi connectivity index (χ3n) is 4.04. The highest BCUT2D eigenvalue weighted by Crippen LogP contribution is 2.12. The molecule has 3 N–H and O–H groups in total. The van der Waals surface area contributed by atoms with Gasteiger partial charge in [-0.25, -0.2) is 4.79 Å². The molecule has 5 nitrogen and oxygen atoms in total. The van der Waals surface area contributed by atoms with Crippen molar-refractivity contribution in [2.24, 2.45) is 11.8 Å². The van der Waals surface area contributed by atoms with Crippen LogP contribution in [0.5, 0.6) is 0 Å². The van der Waals surface area contributed by atoms with Gasteiger partial charge in [0, 0.05) is 32.2 Å². The van der Waals surface area contributed by atoms with Crippen LogP contribution in [0.15, 0.2) is 0 Å². The van der Waals surface area contributed by atoms with Crippen molar-refractivity contribution in [2.45, 2.75) is 59.1 Å². The number of likely N-dealkylation sites (tertiary alicyclic amines) is 1. The van der Waals surface area contributed by atoms with Crippen LogP contribution in [0.4, 0.5) is 4.79 Å². The Morgan fingerprint density at radius 3 is 2.38 bits per heavy atom. The molecule has 1 heterocycles. The van der Waals surface area contributed by atoms with E-state index < -0.39 is 0 Å². The van der Waals surface area contributed by atoms with Crippen LogP contribution < -0.4 is 10.6 Å². The lowest BCUT2D eigenvalue weighted by Crippen LogP contribution is -2.48. The minimum absolute atomic E-state index is 0.103. The zero-order valence-electron chi connectivity index (χ0n) is 14.1. The largest absolute Gasteiger partial charge is 0.393 e. The number of urea groups is 1. The fourth-order valence-corrected chi connectivity index (χ4v) is 2.68. The lowest BCUT2D eigenvalue weighted by atomic mass is 10.0. The number of hydrogen-bond donors (Lipinski definition) is 3. The van der Waals surface area contributed by atoms with Gasteiger partial charge in [-0.05, 0) is 31.1 Å². The summed E-state index contributed by atoms with van der Waals surface area (Å²) >= 11 is 0. The zero-order valence-corrected chi connectivity index (χ0v) is 14.1. The number of piperidine rings is 1. The highest BCUT2D eigenvalue weighted by atomic mass is 16.3. The monoisotopic (exact) mass is 299 g/mol. The van der Waals surface area contributed by atoms with Gasteiger partial charge in [0.1, 0.15) is 0 Å². The van der Waals surface area contributed by atoms with E-state index in [2.05, 4.69) is 29.4 Å². The molecule has 0 saturated carbocycles. The summed E-state index contributed by atoms with van der Waals surface area (Å²) in [5.74, 6) is 0.935. The molecule has 0 aliphatic carbocycles. The highest BCUT2D eigenvalue weighted by Gasteiger charge is 2.20. The van der Waals surface area contributed by atoms with Crippen LogP contribution in [0.25, 0.3) is 0 Å². The molecule has 1 atom stereocenters. The van der Waals surface area contributed by atoms with Crippen LogP contribution in [0.2, 0.25) is 0 Å². The van der Waals surface area contributed by atoms with Crippen molar-refractivity contribution in [1.82, 2.24) is 15.5 Å². The first-order valence-electron chi connectivity index (χ1n) is 8.33. The lowest BCUT2D eigenvalue weighted by molar-refractivity contribution is 0.116. The second kappa shape index (κ2) is 9.26. The molecule has 2 amide bonds. The molecule has 1 saturated heterocycles. The number of hydrogen-bond acceptors (Lipinski definition) is 3. The number of amides is 2. The molecule has 0 radical (unpaired) electrons. The van der Waals surface area contributed by atoms with E-state index in [1.807, 2.05) is 13.8 Å². The Morgan fingerprint density at radius 1 is 1.24 bits per heavy atom. The first-order valence-corrected chi connectivity index (χ1v) is 8.33. The fourth-order valence-electron chi connectivity index (χ4n) is 2.68. The Kier molecular flexibility index (Phi) is 8.04. The molecule has 1 rings (SSSR count). The first-order chi connectivity index (χ1) is 9.88. The Hall–Kier alpha value is -0.810. The average molecular weight is 299 g/mol. The van der Waals surface area contributed by atoms with Gasteiger partial charge >= 0.3 is 6.03 Å². The molecule has 0 aromatic carbocycles. The van der Waals surface area contributed by atoms with Crippen LogP contribution in [-0.4, -0.2) is 54.4 Å². The van der Waals surface area contributed by atoms with Gasteiger partial charge in [0.15, 0.2) is 0 Å². The maximum atomic E-state index is 11.8. The van der Waals surface area contributed by atoms with Crippen LogP contribution >= 0.6 is 0 Å². The van der Waals surface area contributed by atoms with E-state index in [4.69, 9.17) is 0 Å². The van der Waals surface area contributed by atoms with Crippen LogP contribution in [0.3, 0.4) is 0 Å². The van der Waals surface area contributed by atoms with Crippen molar-refractivity contribution >= 4 is 6.03 Å². The molecule has 1 unspecified atom stereocenters. The summed E-state index contributed by atoms with van der Waals surface area (Å²) in [6.07, 6.45) is 2.31. The third kappa shape index (κ3) is 7.67. The van der Waals surface area contributed by atoms with Crippen LogP contribution in [0, 0.1) is 11.8 Å². The maximum Gasteiger partial charge on any atom is 0.315 e. The normalized spacial score (nSPS) is 19.0. The molecule has 5 heteroatoms. The molecule has 1 fully saturated rings. The summed E-state index contributed by atoms with van der Waals surface area (Å²) in [4.78, 5) is 14.3. The predicted octanol–water partition coefficient (Wildman–Crippen LogP) is 1.81. The molecule has 0 aromatic rings. The summed E-state index contributed by atoms with van der Waals surface area (Å²) in [6.45, 7) is 12.2. The van der Waals surface area contributed by atoms with E-state index in [1.54, 1.807) is 0 Å². The number of carbonyl (C=O) groups excluding carboxylic acids is 1. The summed E-state index contributed by atoms with van der Waals surface area (Å²) in [5.41, 5.74) is 0. The fraction of sp³-hybridized carbons (Fsp3) is 0.938. The lowest BCUT2D eigenvalue weighted by Gasteiger charge is -2.33.